The Labute approximate surface area is 91.1 Å². The fourth-order valence-electron chi connectivity index (χ4n) is 1.45. The van der Waals surface area contributed by atoms with Crippen molar-refractivity contribution in [3.8, 4) is 5.88 Å². The molecule has 0 aliphatic rings. The molecule has 0 amide bonds. The fraction of sp³-hybridized carbons (Fsp3) is 0.636. The predicted octanol–water partition coefficient (Wildman–Crippen LogP) is 2.33. The van der Waals surface area contributed by atoms with Gasteiger partial charge in [0.1, 0.15) is 0 Å². The van der Waals surface area contributed by atoms with Gasteiger partial charge in [-0.3, -0.25) is 0 Å². The zero-order valence-corrected chi connectivity index (χ0v) is 9.82. The second-order valence-corrected chi connectivity index (χ2v) is 4.03. The molecule has 0 aromatic carbocycles. The summed E-state index contributed by atoms with van der Waals surface area (Å²) in [5.74, 6) is 1.84. The number of anilines is 1. The summed E-state index contributed by atoms with van der Waals surface area (Å²) >= 11 is 0. The molecule has 4 heteroatoms. The lowest BCUT2D eigenvalue weighted by Gasteiger charge is -2.15. The zero-order valence-electron chi connectivity index (χ0n) is 9.82. The number of rotatable bonds is 5. The highest BCUT2D eigenvalue weighted by Crippen LogP contribution is 2.13. The van der Waals surface area contributed by atoms with Crippen molar-refractivity contribution in [1.82, 2.24) is 9.97 Å². The lowest BCUT2D eigenvalue weighted by atomic mass is 10.1. The van der Waals surface area contributed by atoms with E-state index in [-0.39, 0.29) is 6.10 Å². The molecule has 1 N–H and O–H groups in total. The molecule has 15 heavy (non-hydrogen) atoms. The van der Waals surface area contributed by atoms with Gasteiger partial charge in [-0.25, -0.2) is 4.98 Å². The number of hydrogen-bond acceptors (Lipinski definition) is 4. The first kappa shape index (κ1) is 11.8. The lowest BCUT2D eigenvalue weighted by molar-refractivity contribution is 0.185. The van der Waals surface area contributed by atoms with Gasteiger partial charge in [-0.1, -0.05) is 13.8 Å². The fourth-order valence-corrected chi connectivity index (χ4v) is 1.45. The van der Waals surface area contributed by atoms with Gasteiger partial charge in [-0.2, -0.15) is 4.98 Å². The molecule has 84 valence electrons. The van der Waals surface area contributed by atoms with E-state index in [1.165, 1.54) is 0 Å². The molecule has 0 radical (unpaired) electrons. The molecule has 0 aliphatic heterocycles. The number of nitrogens with zero attached hydrogens (tertiary/aromatic N) is 2. The summed E-state index contributed by atoms with van der Waals surface area (Å²) in [6.07, 6.45) is 2.90. The molecule has 0 bridgehead atoms. The third-order valence-corrected chi connectivity index (χ3v) is 1.98. The van der Waals surface area contributed by atoms with Gasteiger partial charge in [-0.15, -0.1) is 0 Å². The minimum atomic E-state index is 0.185. The van der Waals surface area contributed by atoms with Crippen LogP contribution in [-0.2, 0) is 0 Å². The molecule has 0 saturated heterocycles. The Morgan fingerprint density at radius 3 is 2.73 bits per heavy atom. The summed E-state index contributed by atoms with van der Waals surface area (Å²) in [6, 6.07) is 1.78. The number of aromatic nitrogens is 2. The van der Waals surface area contributed by atoms with Crippen LogP contribution in [0.4, 0.5) is 5.95 Å². The summed E-state index contributed by atoms with van der Waals surface area (Å²) < 4.78 is 5.68. The van der Waals surface area contributed by atoms with E-state index < -0.39 is 0 Å². The second kappa shape index (κ2) is 5.53. The van der Waals surface area contributed by atoms with Gasteiger partial charge in [-0.05, 0) is 19.3 Å². The van der Waals surface area contributed by atoms with Crippen LogP contribution in [0.25, 0.3) is 0 Å². The molecule has 1 heterocycles. The molecule has 4 nitrogen and oxygen atoms in total. The molecule has 0 fully saturated rings. The molecule has 0 spiro atoms. The van der Waals surface area contributed by atoms with E-state index in [1.54, 1.807) is 19.3 Å². The SMILES string of the molecule is CNc1nccc(OC(C)CC(C)C)n1. The molecule has 0 saturated carbocycles. The van der Waals surface area contributed by atoms with Crippen molar-refractivity contribution >= 4 is 5.95 Å². The Morgan fingerprint density at radius 2 is 2.13 bits per heavy atom. The van der Waals surface area contributed by atoms with Crippen LogP contribution in [0.1, 0.15) is 27.2 Å². The van der Waals surface area contributed by atoms with Crippen molar-refractivity contribution in [3.63, 3.8) is 0 Å². The van der Waals surface area contributed by atoms with Crippen LogP contribution in [0, 0.1) is 5.92 Å². The Bertz CT molecular complexity index is 302. The van der Waals surface area contributed by atoms with Crippen molar-refractivity contribution in [2.75, 3.05) is 12.4 Å². The van der Waals surface area contributed by atoms with Crippen molar-refractivity contribution in [2.45, 2.75) is 33.3 Å². The van der Waals surface area contributed by atoms with Crippen molar-refractivity contribution in [1.29, 1.82) is 0 Å². The highest BCUT2D eigenvalue weighted by Gasteiger charge is 2.07. The summed E-state index contributed by atoms with van der Waals surface area (Å²) in [4.78, 5) is 8.22. The predicted molar refractivity (Wildman–Crippen MR) is 61.1 cm³/mol. The molecular formula is C11H19N3O. The Morgan fingerprint density at radius 1 is 1.40 bits per heavy atom. The smallest absolute Gasteiger partial charge is 0.225 e. The number of ether oxygens (including phenoxy) is 1. The van der Waals surface area contributed by atoms with Gasteiger partial charge in [0.2, 0.25) is 11.8 Å². The van der Waals surface area contributed by atoms with E-state index in [9.17, 15) is 0 Å². The summed E-state index contributed by atoms with van der Waals surface area (Å²) in [7, 11) is 1.79. The standard InChI is InChI=1S/C11H19N3O/c1-8(2)7-9(3)15-10-5-6-13-11(12-4)14-10/h5-6,8-9H,7H2,1-4H3,(H,12,13,14). The Kier molecular flexibility index (Phi) is 4.34. The van der Waals surface area contributed by atoms with Gasteiger partial charge in [0.15, 0.2) is 0 Å². The third-order valence-electron chi connectivity index (χ3n) is 1.98. The van der Waals surface area contributed by atoms with E-state index in [4.69, 9.17) is 4.74 Å². The van der Waals surface area contributed by atoms with Crippen LogP contribution in [0.5, 0.6) is 5.88 Å². The van der Waals surface area contributed by atoms with Crippen LogP contribution in [0.15, 0.2) is 12.3 Å². The van der Waals surface area contributed by atoms with Crippen molar-refractivity contribution in [2.24, 2.45) is 5.92 Å². The maximum Gasteiger partial charge on any atom is 0.225 e. The van der Waals surface area contributed by atoms with Crippen molar-refractivity contribution < 1.29 is 4.74 Å². The van der Waals surface area contributed by atoms with Gasteiger partial charge in [0.25, 0.3) is 0 Å². The van der Waals surface area contributed by atoms with Gasteiger partial charge in [0, 0.05) is 19.3 Å². The maximum atomic E-state index is 5.68. The summed E-state index contributed by atoms with van der Waals surface area (Å²) in [6.45, 7) is 6.42. The Balaban J connectivity index is 2.55. The summed E-state index contributed by atoms with van der Waals surface area (Å²) in [5.41, 5.74) is 0. The molecule has 1 rings (SSSR count). The Hall–Kier alpha value is -1.32. The first-order valence-corrected chi connectivity index (χ1v) is 5.29. The van der Waals surface area contributed by atoms with E-state index in [1.807, 2.05) is 0 Å². The molecule has 1 aromatic rings. The lowest BCUT2D eigenvalue weighted by Crippen LogP contribution is -2.15. The van der Waals surface area contributed by atoms with Crippen LogP contribution in [0.3, 0.4) is 0 Å². The van der Waals surface area contributed by atoms with E-state index >= 15 is 0 Å². The molecule has 1 aromatic heterocycles. The number of hydrogen-bond donors (Lipinski definition) is 1. The van der Waals surface area contributed by atoms with Crippen LogP contribution < -0.4 is 10.1 Å². The van der Waals surface area contributed by atoms with Gasteiger partial charge < -0.3 is 10.1 Å². The third kappa shape index (κ3) is 4.14. The maximum absolute atomic E-state index is 5.68. The molecule has 0 aliphatic carbocycles. The van der Waals surface area contributed by atoms with Crippen LogP contribution in [0.2, 0.25) is 0 Å². The second-order valence-electron chi connectivity index (χ2n) is 4.03. The minimum absolute atomic E-state index is 0.185. The quantitative estimate of drug-likeness (QED) is 0.808. The molecule has 1 unspecified atom stereocenters. The summed E-state index contributed by atoms with van der Waals surface area (Å²) in [5, 5.41) is 2.88. The highest BCUT2D eigenvalue weighted by atomic mass is 16.5. The van der Waals surface area contributed by atoms with Crippen LogP contribution in [-0.4, -0.2) is 23.1 Å². The largest absolute Gasteiger partial charge is 0.475 e. The molecule has 1 atom stereocenters. The minimum Gasteiger partial charge on any atom is -0.475 e. The topological polar surface area (TPSA) is 47.0 Å². The molecular weight excluding hydrogens is 190 g/mol. The van der Waals surface area contributed by atoms with E-state index in [0.29, 0.717) is 17.7 Å². The average Bonchev–Trinajstić information content (AvgIpc) is 2.16. The number of nitrogens with one attached hydrogen (secondary N) is 1. The van der Waals surface area contributed by atoms with E-state index in [0.717, 1.165) is 6.42 Å². The van der Waals surface area contributed by atoms with Gasteiger partial charge in [0.05, 0.1) is 6.10 Å². The first-order valence-electron chi connectivity index (χ1n) is 5.29. The first-order chi connectivity index (χ1) is 7.11. The van der Waals surface area contributed by atoms with Crippen LogP contribution >= 0.6 is 0 Å². The van der Waals surface area contributed by atoms with E-state index in [2.05, 4.69) is 36.1 Å². The monoisotopic (exact) mass is 209 g/mol. The van der Waals surface area contributed by atoms with Crippen molar-refractivity contribution in [3.05, 3.63) is 12.3 Å². The zero-order chi connectivity index (χ0) is 11.3. The average molecular weight is 209 g/mol. The normalized spacial score (nSPS) is 12.6. The van der Waals surface area contributed by atoms with Gasteiger partial charge >= 0.3 is 0 Å². The highest BCUT2D eigenvalue weighted by molar-refractivity contribution is 5.26.